The molecule has 0 amide bonds. The van der Waals surface area contributed by atoms with E-state index >= 15 is 0 Å². The molecule has 0 saturated heterocycles. The predicted molar refractivity (Wildman–Crippen MR) is 116 cm³/mol. The lowest BCUT2D eigenvalue weighted by Crippen LogP contribution is -2.38. The van der Waals surface area contributed by atoms with E-state index in [0.29, 0.717) is 28.9 Å². The molecule has 2 aromatic heterocycles. The number of hydrogen-bond donors (Lipinski definition) is 0. The van der Waals surface area contributed by atoms with Gasteiger partial charge in [-0.3, -0.25) is 4.57 Å². The van der Waals surface area contributed by atoms with E-state index in [-0.39, 0.29) is 18.4 Å². The Balaban J connectivity index is 1.22. The Morgan fingerprint density at radius 3 is 2.56 bits per heavy atom. The molecule has 0 spiro atoms. The van der Waals surface area contributed by atoms with E-state index in [4.69, 9.17) is 25.5 Å². The summed E-state index contributed by atoms with van der Waals surface area (Å²) in [5.74, 6) is 0.946. The van der Waals surface area contributed by atoms with Crippen molar-refractivity contribution in [3.63, 3.8) is 0 Å². The molecule has 0 fully saturated rings. The van der Waals surface area contributed by atoms with E-state index in [0.717, 1.165) is 11.1 Å². The quantitative estimate of drug-likeness (QED) is 0.299. The molecular weight excluding hydrogens is 436 g/mol. The molecule has 5 rings (SSSR count). The first-order chi connectivity index (χ1) is 15.4. The van der Waals surface area contributed by atoms with E-state index in [1.807, 2.05) is 43.3 Å². The Hall–Kier alpha value is -3.85. The minimum Gasteiger partial charge on any atom is -0.489 e. The molecule has 4 aromatic rings. The minimum atomic E-state index is -0.671. The number of fused-ring (bicyclic) bond motifs is 1. The largest absolute Gasteiger partial charge is 0.489 e. The van der Waals surface area contributed by atoms with Crippen molar-refractivity contribution in [2.75, 3.05) is 6.61 Å². The zero-order valence-corrected chi connectivity index (χ0v) is 17.7. The molecule has 0 bridgehead atoms. The second-order valence-electron chi connectivity index (χ2n) is 7.68. The van der Waals surface area contributed by atoms with Crippen LogP contribution in [0.25, 0.3) is 22.7 Å². The average molecular weight is 453 g/mol. The lowest BCUT2D eigenvalue weighted by molar-refractivity contribution is -0.389. The fourth-order valence-electron chi connectivity index (χ4n) is 3.45. The third-order valence-electron chi connectivity index (χ3n) is 5.05. The topological polar surface area (TPSA) is 105 Å². The van der Waals surface area contributed by atoms with Gasteiger partial charge in [-0.1, -0.05) is 11.6 Å². The molecule has 10 heteroatoms. The highest BCUT2D eigenvalue weighted by molar-refractivity contribution is 6.30. The van der Waals surface area contributed by atoms with Crippen molar-refractivity contribution in [1.82, 2.24) is 14.5 Å². The molecule has 1 aliphatic heterocycles. The van der Waals surface area contributed by atoms with Crippen molar-refractivity contribution in [3.8, 4) is 34.5 Å². The highest BCUT2D eigenvalue weighted by Crippen LogP contribution is 2.32. The summed E-state index contributed by atoms with van der Waals surface area (Å²) < 4.78 is 18.9. The second-order valence-corrected chi connectivity index (χ2v) is 8.11. The van der Waals surface area contributed by atoms with Crippen LogP contribution in [0.3, 0.4) is 0 Å². The smallest absolute Gasteiger partial charge is 0.415 e. The SMILES string of the molecule is CC1(COc2ccc(-c3coc(-c4ccc(Cl)cc4)n3)cc2)Cn2cc([N+](=O)[O-])nc2O1. The number of hydrogen-bond acceptors (Lipinski definition) is 7. The number of ether oxygens (including phenoxy) is 2. The normalized spacial score (nSPS) is 17.1. The third kappa shape index (κ3) is 3.90. The average Bonchev–Trinajstić information content (AvgIpc) is 3.47. The summed E-state index contributed by atoms with van der Waals surface area (Å²) in [4.78, 5) is 18.7. The zero-order valence-electron chi connectivity index (χ0n) is 16.9. The molecule has 32 heavy (non-hydrogen) atoms. The molecule has 0 N–H and O–H groups in total. The minimum absolute atomic E-state index is 0.223. The van der Waals surface area contributed by atoms with Gasteiger partial charge < -0.3 is 24.0 Å². The first-order valence-electron chi connectivity index (χ1n) is 9.74. The van der Waals surface area contributed by atoms with Crippen LogP contribution < -0.4 is 9.47 Å². The molecule has 162 valence electrons. The Morgan fingerprint density at radius 2 is 1.88 bits per heavy atom. The first-order valence-corrected chi connectivity index (χ1v) is 10.1. The van der Waals surface area contributed by atoms with Gasteiger partial charge in [0.15, 0.2) is 5.60 Å². The fraction of sp³-hybridized carbons (Fsp3) is 0.182. The summed E-state index contributed by atoms with van der Waals surface area (Å²) >= 11 is 5.93. The van der Waals surface area contributed by atoms with Gasteiger partial charge in [-0.25, -0.2) is 4.98 Å². The van der Waals surface area contributed by atoms with Gasteiger partial charge in [0.2, 0.25) is 5.89 Å². The molecule has 9 nitrogen and oxygen atoms in total. The summed E-state index contributed by atoms with van der Waals surface area (Å²) in [6.45, 7) is 2.54. The van der Waals surface area contributed by atoms with Gasteiger partial charge in [-0.15, -0.1) is 0 Å². The van der Waals surface area contributed by atoms with Gasteiger partial charge in [0.25, 0.3) is 0 Å². The Morgan fingerprint density at radius 1 is 1.16 bits per heavy atom. The molecule has 2 aromatic carbocycles. The highest BCUT2D eigenvalue weighted by Gasteiger charge is 2.41. The van der Waals surface area contributed by atoms with E-state index < -0.39 is 10.5 Å². The van der Waals surface area contributed by atoms with Gasteiger partial charge in [0, 0.05) is 21.1 Å². The maximum atomic E-state index is 10.8. The van der Waals surface area contributed by atoms with Crippen LogP contribution in [0.15, 0.2) is 65.4 Å². The number of nitro groups is 1. The van der Waals surface area contributed by atoms with Crippen molar-refractivity contribution in [2.24, 2.45) is 0 Å². The maximum Gasteiger partial charge on any atom is 0.415 e. The highest BCUT2D eigenvalue weighted by atomic mass is 35.5. The summed E-state index contributed by atoms with van der Waals surface area (Å²) in [5.41, 5.74) is 1.77. The van der Waals surface area contributed by atoms with Gasteiger partial charge in [-0.05, 0) is 60.4 Å². The van der Waals surface area contributed by atoms with Crippen molar-refractivity contribution >= 4 is 17.4 Å². The molecule has 0 aliphatic carbocycles. The Kier molecular flexibility index (Phi) is 4.82. The predicted octanol–water partition coefficient (Wildman–Crippen LogP) is 5.00. The van der Waals surface area contributed by atoms with E-state index in [9.17, 15) is 10.1 Å². The molecule has 0 saturated carbocycles. The van der Waals surface area contributed by atoms with Crippen LogP contribution in [0.5, 0.6) is 11.8 Å². The number of rotatable bonds is 6. The molecular formula is C22H17ClN4O5. The Bertz CT molecular complexity index is 1260. The summed E-state index contributed by atoms with van der Waals surface area (Å²) in [5, 5.41) is 11.5. The third-order valence-corrected chi connectivity index (χ3v) is 5.30. The van der Waals surface area contributed by atoms with E-state index in [1.54, 1.807) is 23.0 Å². The van der Waals surface area contributed by atoms with Crippen LogP contribution in [0, 0.1) is 10.1 Å². The van der Waals surface area contributed by atoms with Crippen LogP contribution in [0.1, 0.15) is 6.92 Å². The van der Waals surface area contributed by atoms with Gasteiger partial charge in [0.1, 0.15) is 30.5 Å². The van der Waals surface area contributed by atoms with Crippen LogP contribution in [-0.2, 0) is 6.54 Å². The van der Waals surface area contributed by atoms with Crippen LogP contribution in [-0.4, -0.2) is 31.7 Å². The Labute approximate surface area is 187 Å². The van der Waals surface area contributed by atoms with Crippen LogP contribution in [0.4, 0.5) is 5.82 Å². The van der Waals surface area contributed by atoms with Crippen LogP contribution in [0.2, 0.25) is 5.02 Å². The molecule has 0 radical (unpaired) electrons. The molecule has 1 aliphatic rings. The standard InChI is InChI=1S/C22H17ClN4O5/c1-22(12-26-10-19(27(28)29)25-21(26)32-22)13-31-17-8-4-14(5-9-17)18-11-30-20(24-18)15-2-6-16(23)7-3-15/h2-11H,12-13H2,1H3. The molecule has 1 atom stereocenters. The monoisotopic (exact) mass is 452 g/mol. The number of aromatic nitrogens is 3. The van der Waals surface area contributed by atoms with Gasteiger partial charge in [0.05, 0.1) is 6.54 Å². The lowest BCUT2D eigenvalue weighted by atomic mass is 10.1. The number of nitrogens with zero attached hydrogens (tertiary/aromatic N) is 4. The molecule has 1 unspecified atom stereocenters. The number of oxazole rings is 1. The summed E-state index contributed by atoms with van der Waals surface area (Å²) in [6.07, 6.45) is 2.97. The zero-order chi connectivity index (χ0) is 22.3. The van der Waals surface area contributed by atoms with Crippen molar-refractivity contribution in [3.05, 3.63) is 76.1 Å². The molecule has 3 heterocycles. The second kappa shape index (κ2) is 7.69. The number of imidazole rings is 1. The van der Waals surface area contributed by atoms with Crippen LogP contribution >= 0.6 is 11.6 Å². The first kappa shape index (κ1) is 20.1. The summed E-state index contributed by atoms with van der Waals surface area (Å²) in [6, 6.07) is 15.0. The van der Waals surface area contributed by atoms with Gasteiger partial charge in [-0.2, -0.15) is 0 Å². The van der Waals surface area contributed by atoms with Crippen molar-refractivity contribution in [1.29, 1.82) is 0 Å². The lowest BCUT2D eigenvalue weighted by Gasteiger charge is -2.22. The fourth-order valence-corrected chi connectivity index (χ4v) is 3.57. The van der Waals surface area contributed by atoms with E-state index in [1.165, 1.54) is 6.20 Å². The summed E-state index contributed by atoms with van der Waals surface area (Å²) in [7, 11) is 0. The van der Waals surface area contributed by atoms with Crippen molar-refractivity contribution < 1.29 is 18.8 Å². The van der Waals surface area contributed by atoms with E-state index in [2.05, 4.69) is 9.97 Å². The number of halogens is 1. The maximum absolute atomic E-state index is 10.8. The number of benzene rings is 2. The van der Waals surface area contributed by atoms with Gasteiger partial charge >= 0.3 is 11.8 Å². The van der Waals surface area contributed by atoms with Crippen molar-refractivity contribution in [2.45, 2.75) is 19.1 Å².